The minimum absolute atomic E-state index is 0.0758. The fourth-order valence-corrected chi connectivity index (χ4v) is 2.71. The number of aromatic nitrogens is 2. The summed E-state index contributed by atoms with van der Waals surface area (Å²) in [6.07, 6.45) is 5.27. The molecule has 3 rings (SSSR count). The van der Waals surface area contributed by atoms with Crippen molar-refractivity contribution >= 4 is 21.7 Å². The molecule has 0 saturated heterocycles. The zero-order chi connectivity index (χ0) is 18.4. The maximum absolute atomic E-state index is 5.89. The minimum atomic E-state index is 0.0758. The fraction of sp³-hybridized carbons (Fsp3) is 0.200. The Hall–Kier alpha value is -2.60. The van der Waals surface area contributed by atoms with Crippen LogP contribution in [0.2, 0.25) is 0 Å². The van der Waals surface area contributed by atoms with E-state index in [0.717, 1.165) is 21.4 Å². The first-order valence-electron chi connectivity index (χ1n) is 8.23. The van der Waals surface area contributed by atoms with Crippen molar-refractivity contribution in [2.24, 2.45) is 0 Å². The van der Waals surface area contributed by atoms with Gasteiger partial charge >= 0.3 is 0 Å². The van der Waals surface area contributed by atoms with Crippen LogP contribution in [0.4, 0.5) is 5.82 Å². The molecule has 1 unspecified atom stereocenters. The van der Waals surface area contributed by atoms with E-state index in [1.165, 1.54) is 0 Å². The molecule has 0 fully saturated rings. The SMILES string of the molecule is COc1cc(C(C)Nc2ccc(Br)cn2)ccc1OCc1ccncc1. The number of benzene rings is 1. The zero-order valence-corrected chi connectivity index (χ0v) is 16.2. The third kappa shape index (κ3) is 4.73. The van der Waals surface area contributed by atoms with Gasteiger partial charge in [-0.05, 0) is 70.4 Å². The Labute approximate surface area is 161 Å². The van der Waals surface area contributed by atoms with Crippen LogP contribution in [0.15, 0.2) is 65.5 Å². The molecular formula is C20H20BrN3O2. The van der Waals surface area contributed by atoms with Gasteiger partial charge in [0.15, 0.2) is 11.5 Å². The Morgan fingerprint density at radius 1 is 1.08 bits per heavy atom. The summed E-state index contributed by atoms with van der Waals surface area (Å²) in [6.45, 7) is 2.55. The maximum atomic E-state index is 5.89. The van der Waals surface area contributed by atoms with Crippen LogP contribution >= 0.6 is 15.9 Å². The highest BCUT2D eigenvalue weighted by Gasteiger charge is 2.11. The van der Waals surface area contributed by atoms with Crippen LogP contribution in [-0.4, -0.2) is 17.1 Å². The third-order valence-corrected chi connectivity index (χ3v) is 4.39. The smallest absolute Gasteiger partial charge is 0.161 e. The van der Waals surface area contributed by atoms with Gasteiger partial charge in [-0.1, -0.05) is 6.07 Å². The van der Waals surface area contributed by atoms with Crippen molar-refractivity contribution in [1.82, 2.24) is 9.97 Å². The lowest BCUT2D eigenvalue weighted by atomic mass is 10.1. The number of nitrogens with one attached hydrogen (secondary N) is 1. The maximum Gasteiger partial charge on any atom is 0.161 e. The van der Waals surface area contributed by atoms with E-state index in [1.54, 1.807) is 25.7 Å². The highest BCUT2D eigenvalue weighted by molar-refractivity contribution is 9.10. The summed E-state index contributed by atoms with van der Waals surface area (Å²) < 4.78 is 12.3. The molecule has 2 heterocycles. The number of hydrogen-bond donors (Lipinski definition) is 1. The quantitative estimate of drug-likeness (QED) is 0.590. The van der Waals surface area contributed by atoms with Crippen LogP contribution in [-0.2, 0) is 6.61 Å². The molecule has 1 N–H and O–H groups in total. The van der Waals surface area contributed by atoms with Crippen molar-refractivity contribution in [3.63, 3.8) is 0 Å². The topological polar surface area (TPSA) is 56.3 Å². The van der Waals surface area contributed by atoms with Crippen LogP contribution < -0.4 is 14.8 Å². The molecule has 5 nitrogen and oxygen atoms in total. The molecule has 0 aliphatic rings. The van der Waals surface area contributed by atoms with Gasteiger partial charge in [0.2, 0.25) is 0 Å². The molecule has 0 spiro atoms. The van der Waals surface area contributed by atoms with Gasteiger partial charge in [0, 0.05) is 23.1 Å². The van der Waals surface area contributed by atoms with E-state index >= 15 is 0 Å². The summed E-state index contributed by atoms with van der Waals surface area (Å²) in [5, 5.41) is 3.38. The summed E-state index contributed by atoms with van der Waals surface area (Å²) in [4.78, 5) is 8.36. The van der Waals surface area contributed by atoms with Crippen molar-refractivity contribution in [2.75, 3.05) is 12.4 Å². The van der Waals surface area contributed by atoms with E-state index < -0.39 is 0 Å². The van der Waals surface area contributed by atoms with E-state index in [9.17, 15) is 0 Å². The molecule has 1 aromatic carbocycles. The number of hydrogen-bond acceptors (Lipinski definition) is 5. The third-order valence-electron chi connectivity index (χ3n) is 3.92. The summed E-state index contributed by atoms with van der Waals surface area (Å²) in [5.41, 5.74) is 2.14. The molecule has 0 bridgehead atoms. The summed E-state index contributed by atoms with van der Waals surface area (Å²) >= 11 is 3.39. The summed E-state index contributed by atoms with van der Waals surface area (Å²) in [6, 6.07) is 13.8. The van der Waals surface area contributed by atoms with Crippen LogP contribution in [0.5, 0.6) is 11.5 Å². The van der Waals surface area contributed by atoms with Gasteiger partial charge in [-0.3, -0.25) is 4.98 Å². The van der Waals surface area contributed by atoms with E-state index in [1.807, 2.05) is 42.5 Å². The largest absolute Gasteiger partial charge is 0.493 e. The standard InChI is InChI=1S/C20H20BrN3O2/c1-14(24-20-6-4-17(21)12-23-20)16-3-5-18(19(11-16)25-2)26-13-15-7-9-22-10-8-15/h3-12,14H,13H2,1-2H3,(H,23,24). The molecule has 0 amide bonds. The van der Waals surface area contributed by atoms with Crippen molar-refractivity contribution in [3.05, 3.63) is 76.7 Å². The predicted octanol–water partition coefficient (Wildman–Crippen LogP) is 5.00. The van der Waals surface area contributed by atoms with Gasteiger partial charge in [-0.25, -0.2) is 4.98 Å². The Morgan fingerprint density at radius 3 is 2.58 bits per heavy atom. The number of pyridine rings is 2. The predicted molar refractivity (Wildman–Crippen MR) is 106 cm³/mol. The monoisotopic (exact) mass is 413 g/mol. The van der Waals surface area contributed by atoms with E-state index in [-0.39, 0.29) is 6.04 Å². The van der Waals surface area contributed by atoms with Crippen LogP contribution in [0, 0.1) is 0 Å². The fourth-order valence-electron chi connectivity index (χ4n) is 2.48. The number of anilines is 1. The van der Waals surface area contributed by atoms with Crippen molar-refractivity contribution in [2.45, 2.75) is 19.6 Å². The van der Waals surface area contributed by atoms with Gasteiger partial charge in [0.05, 0.1) is 13.2 Å². The van der Waals surface area contributed by atoms with Crippen molar-refractivity contribution < 1.29 is 9.47 Å². The van der Waals surface area contributed by atoms with E-state index in [2.05, 4.69) is 38.1 Å². The molecule has 0 saturated carbocycles. The Bertz CT molecular complexity index is 841. The molecule has 0 aliphatic heterocycles. The van der Waals surface area contributed by atoms with Gasteiger partial charge < -0.3 is 14.8 Å². The molecule has 2 aromatic heterocycles. The average Bonchev–Trinajstić information content (AvgIpc) is 2.68. The highest BCUT2D eigenvalue weighted by atomic mass is 79.9. The Balaban J connectivity index is 1.70. The number of nitrogens with zero attached hydrogens (tertiary/aromatic N) is 2. The van der Waals surface area contributed by atoms with Gasteiger partial charge in [-0.15, -0.1) is 0 Å². The Morgan fingerprint density at radius 2 is 1.88 bits per heavy atom. The van der Waals surface area contributed by atoms with E-state index in [0.29, 0.717) is 18.1 Å². The number of rotatable bonds is 7. The number of ether oxygens (including phenoxy) is 2. The minimum Gasteiger partial charge on any atom is -0.493 e. The lowest BCUT2D eigenvalue weighted by Crippen LogP contribution is -2.08. The molecule has 0 radical (unpaired) electrons. The van der Waals surface area contributed by atoms with Crippen LogP contribution in [0.3, 0.4) is 0 Å². The van der Waals surface area contributed by atoms with Crippen LogP contribution in [0.1, 0.15) is 24.1 Å². The molecule has 134 valence electrons. The second kappa shape index (κ2) is 8.67. The van der Waals surface area contributed by atoms with Crippen molar-refractivity contribution in [3.8, 4) is 11.5 Å². The molecule has 6 heteroatoms. The van der Waals surface area contributed by atoms with Crippen LogP contribution in [0.25, 0.3) is 0 Å². The lowest BCUT2D eigenvalue weighted by Gasteiger charge is -2.17. The summed E-state index contributed by atoms with van der Waals surface area (Å²) in [7, 11) is 1.65. The van der Waals surface area contributed by atoms with Gasteiger partial charge in [0.1, 0.15) is 12.4 Å². The first kappa shape index (κ1) is 18.2. The molecule has 0 aliphatic carbocycles. The first-order chi connectivity index (χ1) is 12.7. The normalized spacial score (nSPS) is 11.7. The van der Waals surface area contributed by atoms with Crippen molar-refractivity contribution in [1.29, 1.82) is 0 Å². The number of halogens is 1. The Kier molecular flexibility index (Phi) is 6.07. The number of methoxy groups -OCH3 is 1. The first-order valence-corrected chi connectivity index (χ1v) is 9.03. The average molecular weight is 414 g/mol. The molecule has 26 heavy (non-hydrogen) atoms. The molecule has 3 aromatic rings. The molecular weight excluding hydrogens is 394 g/mol. The zero-order valence-electron chi connectivity index (χ0n) is 14.6. The second-order valence-corrected chi connectivity index (χ2v) is 6.70. The van der Waals surface area contributed by atoms with E-state index in [4.69, 9.17) is 9.47 Å². The highest BCUT2D eigenvalue weighted by Crippen LogP contribution is 2.31. The van der Waals surface area contributed by atoms with Gasteiger partial charge in [0.25, 0.3) is 0 Å². The van der Waals surface area contributed by atoms with Gasteiger partial charge in [-0.2, -0.15) is 0 Å². The molecule has 1 atom stereocenters. The second-order valence-electron chi connectivity index (χ2n) is 5.78. The summed E-state index contributed by atoms with van der Waals surface area (Å²) in [5.74, 6) is 2.23. The lowest BCUT2D eigenvalue weighted by molar-refractivity contribution is 0.284.